The van der Waals surface area contributed by atoms with Gasteiger partial charge in [-0.2, -0.15) is 5.26 Å². The van der Waals surface area contributed by atoms with Gasteiger partial charge in [0.2, 0.25) is 0 Å². The number of nitrogens with one attached hydrogen (secondary N) is 1. The highest BCUT2D eigenvalue weighted by Crippen LogP contribution is 2.25. The molecular formula is C16H13N3O3S. The zero-order chi connectivity index (χ0) is 16.8. The zero-order valence-corrected chi connectivity index (χ0v) is 13.1. The second-order valence-corrected chi connectivity index (χ2v) is 5.51. The molecule has 2 rings (SSSR count). The summed E-state index contributed by atoms with van der Waals surface area (Å²) in [7, 11) is 0. The monoisotopic (exact) mass is 327 g/mol. The van der Waals surface area contributed by atoms with Gasteiger partial charge in [0, 0.05) is 16.6 Å². The van der Waals surface area contributed by atoms with Crippen molar-refractivity contribution in [1.82, 2.24) is 0 Å². The van der Waals surface area contributed by atoms with Gasteiger partial charge in [-0.05, 0) is 36.1 Å². The second-order valence-electron chi connectivity index (χ2n) is 4.63. The molecule has 0 bridgehead atoms. The number of nitro benzene ring substituents is 1. The maximum Gasteiger partial charge on any atom is 0.282 e. The normalized spacial score (nSPS) is 9.91. The molecule has 0 saturated carbocycles. The SMILES string of the molecule is CSc1ccc([N+](=O)[O-])c(C(=O)Nc2ccc(CC#N)cc2)c1. The van der Waals surface area contributed by atoms with Crippen LogP contribution in [0.1, 0.15) is 15.9 Å². The Hall–Kier alpha value is -2.85. The predicted octanol–water partition coefficient (Wildman–Crippen LogP) is 3.64. The quantitative estimate of drug-likeness (QED) is 0.514. The number of nitro groups is 1. The molecule has 0 unspecified atom stereocenters. The van der Waals surface area contributed by atoms with Crippen LogP contribution in [0, 0.1) is 21.4 Å². The molecule has 0 aliphatic rings. The first-order chi connectivity index (χ1) is 11.0. The third-order valence-electron chi connectivity index (χ3n) is 3.14. The summed E-state index contributed by atoms with van der Waals surface area (Å²) >= 11 is 1.40. The summed E-state index contributed by atoms with van der Waals surface area (Å²) in [5, 5.41) is 22.4. The third kappa shape index (κ3) is 4.08. The predicted molar refractivity (Wildman–Crippen MR) is 88.6 cm³/mol. The van der Waals surface area contributed by atoms with Crippen molar-refractivity contribution in [2.75, 3.05) is 11.6 Å². The molecule has 0 aliphatic heterocycles. The molecule has 0 atom stereocenters. The van der Waals surface area contributed by atoms with Gasteiger partial charge in [-0.3, -0.25) is 14.9 Å². The lowest BCUT2D eigenvalue weighted by atomic mass is 10.1. The van der Waals surface area contributed by atoms with E-state index >= 15 is 0 Å². The Morgan fingerprint density at radius 2 is 2.00 bits per heavy atom. The molecule has 7 heteroatoms. The molecule has 2 aromatic carbocycles. The van der Waals surface area contributed by atoms with Crippen LogP contribution in [0.4, 0.5) is 11.4 Å². The molecule has 0 heterocycles. The van der Waals surface area contributed by atoms with E-state index < -0.39 is 10.8 Å². The van der Waals surface area contributed by atoms with Crippen molar-refractivity contribution < 1.29 is 9.72 Å². The van der Waals surface area contributed by atoms with Crippen molar-refractivity contribution in [3.05, 3.63) is 63.7 Å². The van der Waals surface area contributed by atoms with E-state index in [1.54, 1.807) is 30.3 Å². The number of nitrogens with zero attached hydrogens (tertiary/aromatic N) is 2. The number of carbonyl (C=O) groups is 1. The lowest BCUT2D eigenvalue weighted by Gasteiger charge is -2.07. The lowest BCUT2D eigenvalue weighted by Crippen LogP contribution is -2.14. The van der Waals surface area contributed by atoms with Crippen LogP contribution in [0.15, 0.2) is 47.4 Å². The number of thioether (sulfide) groups is 1. The number of rotatable bonds is 5. The van der Waals surface area contributed by atoms with E-state index in [1.165, 1.54) is 23.9 Å². The Kier molecular flexibility index (Phi) is 5.33. The average molecular weight is 327 g/mol. The van der Waals surface area contributed by atoms with Crippen molar-refractivity contribution in [3.8, 4) is 6.07 Å². The molecule has 0 aliphatic carbocycles. The van der Waals surface area contributed by atoms with Crippen LogP contribution in [-0.2, 0) is 6.42 Å². The van der Waals surface area contributed by atoms with E-state index in [0.717, 1.165) is 10.5 Å². The number of hydrogen-bond donors (Lipinski definition) is 1. The molecule has 2 aromatic rings. The first-order valence-corrected chi connectivity index (χ1v) is 7.87. The van der Waals surface area contributed by atoms with Crippen molar-refractivity contribution in [3.63, 3.8) is 0 Å². The smallest absolute Gasteiger partial charge is 0.282 e. The van der Waals surface area contributed by atoms with E-state index in [0.29, 0.717) is 5.69 Å². The minimum absolute atomic E-state index is 0.0166. The molecule has 0 radical (unpaired) electrons. The van der Waals surface area contributed by atoms with E-state index in [9.17, 15) is 14.9 Å². The van der Waals surface area contributed by atoms with Gasteiger partial charge in [-0.25, -0.2) is 0 Å². The number of hydrogen-bond acceptors (Lipinski definition) is 5. The Morgan fingerprint density at radius 3 is 2.57 bits per heavy atom. The minimum Gasteiger partial charge on any atom is -0.322 e. The van der Waals surface area contributed by atoms with Crippen LogP contribution in [0.5, 0.6) is 0 Å². The number of anilines is 1. The van der Waals surface area contributed by atoms with Gasteiger partial charge < -0.3 is 5.32 Å². The Labute approximate surface area is 137 Å². The Morgan fingerprint density at radius 1 is 1.30 bits per heavy atom. The van der Waals surface area contributed by atoms with Crippen molar-refractivity contribution in [2.24, 2.45) is 0 Å². The summed E-state index contributed by atoms with van der Waals surface area (Å²) in [5.41, 5.74) is 1.13. The van der Waals surface area contributed by atoms with Crippen LogP contribution in [0.25, 0.3) is 0 Å². The maximum atomic E-state index is 12.3. The molecular weight excluding hydrogens is 314 g/mol. The molecule has 0 spiro atoms. The molecule has 0 aromatic heterocycles. The fraction of sp³-hybridized carbons (Fsp3) is 0.125. The van der Waals surface area contributed by atoms with Gasteiger partial charge in [-0.15, -0.1) is 11.8 Å². The highest BCUT2D eigenvalue weighted by atomic mass is 32.2. The topological polar surface area (TPSA) is 96.0 Å². The largest absolute Gasteiger partial charge is 0.322 e. The van der Waals surface area contributed by atoms with Crippen LogP contribution in [-0.4, -0.2) is 17.1 Å². The summed E-state index contributed by atoms with van der Waals surface area (Å²) in [4.78, 5) is 23.6. The summed E-state index contributed by atoms with van der Waals surface area (Å²) in [5.74, 6) is -0.541. The van der Waals surface area contributed by atoms with Gasteiger partial charge in [0.1, 0.15) is 5.56 Å². The average Bonchev–Trinajstić information content (AvgIpc) is 2.56. The van der Waals surface area contributed by atoms with Gasteiger partial charge in [0.25, 0.3) is 11.6 Å². The van der Waals surface area contributed by atoms with Gasteiger partial charge in [0.15, 0.2) is 0 Å². The van der Waals surface area contributed by atoms with E-state index in [-0.39, 0.29) is 17.7 Å². The number of nitriles is 1. The standard InChI is InChI=1S/C16H13N3O3S/c1-23-13-6-7-15(19(21)22)14(10-13)16(20)18-12-4-2-11(3-5-12)8-9-17/h2-7,10H,8H2,1H3,(H,18,20). The zero-order valence-electron chi connectivity index (χ0n) is 12.3. The Bertz CT molecular complexity index is 782. The van der Waals surface area contributed by atoms with E-state index in [2.05, 4.69) is 5.32 Å². The fourth-order valence-electron chi connectivity index (χ4n) is 1.98. The molecule has 0 fully saturated rings. The Balaban J connectivity index is 2.26. The highest BCUT2D eigenvalue weighted by molar-refractivity contribution is 7.98. The maximum absolute atomic E-state index is 12.3. The van der Waals surface area contributed by atoms with Gasteiger partial charge in [-0.1, -0.05) is 12.1 Å². The summed E-state index contributed by atoms with van der Waals surface area (Å²) in [6.07, 6.45) is 2.12. The third-order valence-corrected chi connectivity index (χ3v) is 3.87. The van der Waals surface area contributed by atoms with Gasteiger partial charge >= 0.3 is 0 Å². The molecule has 6 nitrogen and oxygen atoms in total. The minimum atomic E-state index is -0.574. The van der Waals surface area contributed by atoms with Crippen molar-refractivity contribution in [2.45, 2.75) is 11.3 Å². The van der Waals surface area contributed by atoms with E-state index in [4.69, 9.17) is 5.26 Å². The van der Waals surface area contributed by atoms with Gasteiger partial charge in [0.05, 0.1) is 17.4 Å². The van der Waals surface area contributed by atoms with E-state index in [1.807, 2.05) is 12.3 Å². The van der Waals surface area contributed by atoms with Crippen LogP contribution in [0.3, 0.4) is 0 Å². The lowest BCUT2D eigenvalue weighted by molar-refractivity contribution is -0.385. The van der Waals surface area contributed by atoms with Crippen molar-refractivity contribution in [1.29, 1.82) is 5.26 Å². The van der Waals surface area contributed by atoms with Crippen molar-refractivity contribution >= 4 is 29.0 Å². The fourth-order valence-corrected chi connectivity index (χ4v) is 2.42. The molecule has 1 N–H and O–H groups in total. The number of amides is 1. The molecule has 1 amide bonds. The molecule has 116 valence electrons. The van der Waals surface area contributed by atoms with Crippen LogP contribution in [0.2, 0.25) is 0 Å². The first kappa shape index (κ1) is 16.5. The summed E-state index contributed by atoms with van der Waals surface area (Å²) < 4.78 is 0. The number of benzene rings is 2. The van der Waals surface area contributed by atoms with Crippen LogP contribution < -0.4 is 5.32 Å². The second kappa shape index (κ2) is 7.42. The highest BCUT2D eigenvalue weighted by Gasteiger charge is 2.20. The molecule has 0 saturated heterocycles. The van der Waals surface area contributed by atoms with Crippen LogP contribution >= 0.6 is 11.8 Å². The summed E-state index contributed by atoms with van der Waals surface area (Å²) in [6, 6.07) is 13.3. The summed E-state index contributed by atoms with van der Waals surface area (Å²) in [6.45, 7) is 0. The first-order valence-electron chi connectivity index (χ1n) is 6.65. The number of carbonyl (C=O) groups excluding carboxylic acids is 1. The molecule has 23 heavy (non-hydrogen) atoms.